The maximum absolute atomic E-state index is 12.9. The number of carbonyl (C=O) groups excluding carboxylic acids is 1. The molecule has 0 spiro atoms. The van der Waals surface area contributed by atoms with Crippen LogP contribution in [0, 0.1) is 49.4 Å². The molecule has 8 heteroatoms. The summed E-state index contributed by atoms with van der Waals surface area (Å²) in [7, 11) is 1.67. The number of carbonyl (C=O) groups is 1. The number of allylic oxidation sites excluding steroid dienone is 1. The van der Waals surface area contributed by atoms with Crippen LogP contribution < -0.4 is 21.2 Å². The number of fused-ring (bicyclic) bond motifs is 1. The van der Waals surface area contributed by atoms with Crippen LogP contribution in [0.15, 0.2) is 29.3 Å². The third kappa shape index (κ3) is 8.66. The zero-order chi connectivity index (χ0) is 31.7. The Morgan fingerprint density at radius 1 is 1.23 bits per heavy atom. The quantitative estimate of drug-likeness (QED) is 0.178. The average molecular weight is 609 g/mol. The Balaban J connectivity index is 1.86. The number of ether oxygens (including phenoxy) is 2. The Kier molecular flexibility index (Phi) is 12.7. The first kappa shape index (κ1) is 34.3. The fourth-order valence-corrected chi connectivity index (χ4v) is 5.82. The average Bonchev–Trinajstić information content (AvgIpc) is 3.31. The highest BCUT2D eigenvalue weighted by molar-refractivity contribution is 6.45. The summed E-state index contributed by atoms with van der Waals surface area (Å²) in [6, 6.07) is 0. The van der Waals surface area contributed by atoms with E-state index in [1.54, 1.807) is 7.11 Å². The van der Waals surface area contributed by atoms with E-state index in [1.807, 2.05) is 36.9 Å². The van der Waals surface area contributed by atoms with E-state index in [0.717, 1.165) is 59.0 Å². The number of nitrogens with two attached hydrogens (primary N) is 1. The number of aryl methyl sites for hydroxylation is 1. The van der Waals surface area contributed by atoms with Crippen molar-refractivity contribution < 1.29 is 14.3 Å². The van der Waals surface area contributed by atoms with Gasteiger partial charge in [-0.2, -0.15) is 0 Å². The van der Waals surface area contributed by atoms with Gasteiger partial charge in [0.2, 0.25) is 0 Å². The van der Waals surface area contributed by atoms with Gasteiger partial charge in [-0.25, -0.2) is 4.99 Å². The van der Waals surface area contributed by atoms with Gasteiger partial charge in [0, 0.05) is 40.2 Å². The van der Waals surface area contributed by atoms with Gasteiger partial charge in [-0.1, -0.05) is 70.9 Å². The van der Waals surface area contributed by atoms with Gasteiger partial charge in [-0.05, 0) is 56.9 Å². The molecule has 2 N–H and O–H groups in total. The van der Waals surface area contributed by atoms with Gasteiger partial charge in [0.05, 0.1) is 30.8 Å². The zero-order valence-electron chi connectivity index (χ0n) is 27.2. The van der Waals surface area contributed by atoms with Crippen LogP contribution in [0.1, 0.15) is 95.5 Å². The molecule has 0 radical (unpaired) electrons. The molecule has 234 valence electrons. The van der Waals surface area contributed by atoms with Crippen LogP contribution in [0.5, 0.6) is 5.75 Å². The molecular formula is C35H49ClN4O3. The van der Waals surface area contributed by atoms with E-state index in [9.17, 15) is 4.79 Å². The number of rotatable bonds is 12. The summed E-state index contributed by atoms with van der Waals surface area (Å²) in [6.45, 7) is 15.5. The maximum Gasteiger partial charge on any atom is 0.309 e. The fourth-order valence-electron chi connectivity index (χ4n) is 5.55. The smallest absolute Gasteiger partial charge is 0.309 e. The molecule has 0 bridgehead atoms. The van der Waals surface area contributed by atoms with Crippen molar-refractivity contribution in [1.29, 1.82) is 0 Å². The maximum atomic E-state index is 12.9. The van der Waals surface area contributed by atoms with Gasteiger partial charge < -0.3 is 19.8 Å². The minimum atomic E-state index is -0.125. The summed E-state index contributed by atoms with van der Waals surface area (Å²) >= 11 is 6.96. The second-order valence-corrected chi connectivity index (χ2v) is 12.4. The number of hydrogen-bond donors (Lipinski definition) is 1. The molecule has 7 nitrogen and oxygen atoms in total. The van der Waals surface area contributed by atoms with Crippen molar-refractivity contribution >= 4 is 22.6 Å². The van der Waals surface area contributed by atoms with Gasteiger partial charge in [0.15, 0.2) is 0 Å². The van der Waals surface area contributed by atoms with Gasteiger partial charge in [-0.3, -0.25) is 9.78 Å². The van der Waals surface area contributed by atoms with Gasteiger partial charge in [0.1, 0.15) is 23.7 Å². The molecule has 0 aliphatic carbocycles. The number of pyridine rings is 1. The largest absolute Gasteiger partial charge is 0.496 e. The van der Waals surface area contributed by atoms with E-state index < -0.39 is 0 Å². The first-order chi connectivity index (χ1) is 20.5. The minimum absolute atomic E-state index is 0.0550. The van der Waals surface area contributed by atoms with Crippen molar-refractivity contribution in [1.82, 2.24) is 9.55 Å². The van der Waals surface area contributed by atoms with E-state index in [0.29, 0.717) is 47.6 Å². The van der Waals surface area contributed by atoms with Crippen LogP contribution in [-0.4, -0.2) is 29.2 Å². The van der Waals surface area contributed by atoms with E-state index in [4.69, 9.17) is 31.8 Å². The summed E-state index contributed by atoms with van der Waals surface area (Å²) in [5.74, 6) is 8.57. The highest BCUT2D eigenvalue weighted by Crippen LogP contribution is 2.26. The Morgan fingerprint density at radius 2 is 1.98 bits per heavy atom. The van der Waals surface area contributed by atoms with Gasteiger partial charge >= 0.3 is 5.97 Å². The molecule has 2 aromatic rings. The molecule has 1 aliphatic rings. The molecule has 4 atom stereocenters. The molecule has 3 heterocycles. The lowest BCUT2D eigenvalue weighted by molar-refractivity contribution is -0.150. The number of halogens is 1. The molecule has 1 aliphatic heterocycles. The lowest BCUT2D eigenvalue weighted by Gasteiger charge is -2.22. The number of aromatic nitrogens is 2. The van der Waals surface area contributed by atoms with E-state index in [-0.39, 0.29) is 24.4 Å². The molecule has 4 unspecified atom stereocenters. The van der Waals surface area contributed by atoms with Crippen LogP contribution >= 0.6 is 11.6 Å². The lowest BCUT2D eigenvalue weighted by Crippen LogP contribution is -2.34. The summed E-state index contributed by atoms with van der Waals surface area (Å²) in [5, 5.41) is 1.48. The highest BCUT2D eigenvalue weighted by atomic mass is 35.5. The molecule has 0 fully saturated rings. The summed E-state index contributed by atoms with van der Waals surface area (Å²) in [4.78, 5) is 22.3. The second kappa shape index (κ2) is 16.0. The van der Waals surface area contributed by atoms with Crippen molar-refractivity contribution in [2.75, 3.05) is 13.7 Å². The van der Waals surface area contributed by atoms with Gasteiger partial charge in [-0.15, -0.1) is 0 Å². The van der Waals surface area contributed by atoms with Crippen molar-refractivity contribution in [2.24, 2.45) is 34.4 Å². The van der Waals surface area contributed by atoms with Gasteiger partial charge in [0.25, 0.3) is 0 Å². The summed E-state index contributed by atoms with van der Waals surface area (Å²) in [6.07, 6.45) is 10.9. The number of esters is 1. The molecule has 0 saturated carbocycles. The lowest BCUT2D eigenvalue weighted by atomic mass is 9.85. The number of hydrogen-bond acceptors (Lipinski definition) is 6. The monoisotopic (exact) mass is 608 g/mol. The Hall–Kier alpha value is -3.24. The van der Waals surface area contributed by atoms with Crippen molar-refractivity contribution in [3.63, 3.8) is 0 Å². The van der Waals surface area contributed by atoms with Crippen LogP contribution in [0.2, 0.25) is 0 Å². The Morgan fingerprint density at radius 3 is 2.65 bits per heavy atom. The first-order valence-corrected chi connectivity index (χ1v) is 16.0. The molecule has 0 aromatic carbocycles. The molecule has 43 heavy (non-hydrogen) atoms. The fraction of sp³-hybridized carbons (Fsp3) is 0.571. The first-order valence-electron chi connectivity index (χ1n) is 15.6. The molecule has 0 saturated heterocycles. The highest BCUT2D eigenvalue weighted by Gasteiger charge is 2.25. The predicted octanol–water partition coefficient (Wildman–Crippen LogP) is 6.14. The summed E-state index contributed by atoms with van der Waals surface area (Å²) in [5.41, 5.74) is 10.5. The second-order valence-electron chi connectivity index (χ2n) is 11.9. The molecule has 3 rings (SSSR count). The predicted molar refractivity (Wildman–Crippen MR) is 174 cm³/mol. The molecular weight excluding hydrogens is 560 g/mol. The van der Waals surface area contributed by atoms with Crippen LogP contribution in [0.4, 0.5) is 0 Å². The van der Waals surface area contributed by atoms with E-state index in [2.05, 4.69) is 51.4 Å². The van der Waals surface area contributed by atoms with Crippen LogP contribution in [0.3, 0.4) is 0 Å². The van der Waals surface area contributed by atoms with Crippen molar-refractivity contribution in [3.05, 3.63) is 57.4 Å². The number of nitrogens with zero attached hydrogens (tertiary/aromatic N) is 3. The molecule has 2 aromatic heterocycles. The SMILES string of the molecule is CCC(C)CCC(C)C(CC)C(=O)OCCC#Cc1cn(Cc2ncc(C)c(OC)c2C)c2c1=C(Cl)C(C)CC=C(N)N=2. The normalized spacial score (nSPS) is 16.8. The third-order valence-corrected chi connectivity index (χ3v) is 9.20. The topological polar surface area (TPSA) is 91.7 Å². The zero-order valence-corrected chi connectivity index (χ0v) is 28.0. The van der Waals surface area contributed by atoms with Crippen LogP contribution in [0.25, 0.3) is 5.03 Å². The van der Waals surface area contributed by atoms with E-state index >= 15 is 0 Å². The third-order valence-electron chi connectivity index (χ3n) is 8.64. The van der Waals surface area contributed by atoms with Crippen molar-refractivity contribution in [2.45, 2.75) is 93.5 Å². The van der Waals surface area contributed by atoms with Crippen molar-refractivity contribution in [3.8, 4) is 17.6 Å². The standard InChI is InChI=1S/C35H49ClN4O3/c1-9-22(3)14-15-23(4)28(10-2)35(41)43-18-12-11-13-27-20-40(21-29-26(7)33(42-8)25(6)19-38-29)34-31(27)32(36)24(5)16-17-30(37)39-34/h17,19-20,22-24,28H,9-10,12,14-16,18,21,37H2,1-8H3. The Bertz CT molecular complexity index is 1500. The Labute approximate surface area is 262 Å². The number of methoxy groups -OCH3 is 1. The van der Waals surface area contributed by atoms with E-state index in [1.165, 1.54) is 0 Å². The molecule has 0 amide bonds. The minimum Gasteiger partial charge on any atom is -0.496 e. The summed E-state index contributed by atoms with van der Waals surface area (Å²) < 4.78 is 13.3. The van der Waals surface area contributed by atoms with Crippen LogP contribution in [-0.2, 0) is 16.1 Å².